The first kappa shape index (κ1) is 15.5. The summed E-state index contributed by atoms with van der Waals surface area (Å²) in [5.41, 5.74) is 0.992. The molecule has 0 saturated carbocycles. The molecule has 1 aliphatic rings. The fraction of sp³-hybridized carbons (Fsp3) is 0.467. The van der Waals surface area contributed by atoms with Crippen molar-refractivity contribution < 1.29 is 14.3 Å². The predicted molar refractivity (Wildman–Crippen MR) is 80.3 cm³/mol. The van der Waals surface area contributed by atoms with Crippen molar-refractivity contribution in [3.8, 4) is 0 Å². The third-order valence-electron chi connectivity index (χ3n) is 3.40. The lowest BCUT2D eigenvalue weighted by molar-refractivity contribution is -0.117. The van der Waals surface area contributed by atoms with E-state index in [-0.39, 0.29) is 17.9 Å². The molecule has 1 aromatic carbocycles. The van der Waals surface area contributed by atoms with Crippen molar-refractivity contribution in [2.75, 3.05) is 32.1 Å². The number of amides is 2. The van der Waals surface area contributed by atoms with E-state index >= 15 is 0 Å². The molecule has 0 spiro atoms. The Morgan fingerprint density at radius 2 is 2.19 bits per heavy atom. The van der Waals surface area contributed by atoms with Gasteiger partial charge < -0.3 is 20.7 Å². The van der Waals surface area contributed by atoms with Gasteiger partial charge in [-0.3, -0.25) is 9.59 Å². The van der Waals surface area contributed by atoms with Crippen LogP contribution in [-0.2, 0) is 9.53 Å². The number of ether oxygens (including phenoxy) is 1. The summed E-state index contributed by atoms with van der Waals surface area (Å²) in [6.45, 7) is 1.74. The van der Waals surface area contributed by atoms with Crippen molar-refractivity contribution >= 4 is 17.5 Å². The Bertz CT molecular complexity index is 499. The number of nitrogens with one attached hydrogen (secondary N) is 3. The number of benzene rings is 1. The number of rotatable bonds is 6. The number of anilines is 1. The smallest absolute Gasteiger partial charge is 0.253 e. The largest absolute Gasteiger partial charge is 0.383 e. The molecule has 1 aliphatic heterocycles. The Balaban J connectivity index is 2.02. The highest BCUT2D eigenvalue weighted by Crippen LogP contribution is 2.16. The molecule has 0 aromatic heterocycles. The van der Waals surface area contributed by atoms with Crippen LogP contribution in [0.2, 0.25) is 0 Å². The van der Waals surface area contributed by atoms with Crippen LogP contribution in [0.15, 0.2) is 24.3 Å². The third kappa shape index (κ3) is 4.27. The Morgan fingerprint density at radius 1 is 1.38 bits per heavy atom. The van der Waals surface area contributed by atoms with E-state index in [1.165, 1.54) is 0 Å². The van der Waals surface area contributed by atoms with E-state index in [0.717, 1.165) is 19.4 Å². The quantitative estimate of drug-likeness (QED) is 0.676. The molecule has 3 N–H and O–H groups in total. The average Bonchev–Trinajstić information content (AvgIpc) is 3.02. The van der Waals surface area contributed by atoms with E-state index in [1.54, 1.807) is 31.4 Å². The summed E-state index contributed by atoms with van der Waals surface area (Å²) >= 11 is 0. The normalized spacial score (nSPS) is 17.5. The van der Waals surface area contributed by atoms with Crippen molar-refractivity contribution in [3.63, 3.8) is 0 Å². The van der Waals surface area contributed by atoms with Crippen LogP contribution in [0.1, 0.15) is 23.2 Å². The molecule has 0 radical (unpaired) electrons. The second-order valence-electron chi connectivity index (χ2n) is 4.93. The molecule has 0 bridgehead atoms. The van der Waals surface area contributed by atoms with Crippen LogP contribution in [-0.4, -0.2) is 44.7 Å². The molecular weight excluding hydrogens is 270 g/mol. The van der Waals surface area contributed by atoms with Gasteiger partial charge >= 0.3 is 0 Å². The van der Waals surface area contributed by atoms with Crippen LogP contribution in [0.3, 0.4) is 0 Å². The van der Waals surface area contributed by atoms with Gasteiger partial charge in [-0.2, -0.15) is 0 Å². The lowest BCUT2D eigenvalue weighted by atomic mass is 10.1. The Kier molecular flexibility index (Phi) is 5.71. The van der Waals surface area contributed by atoms with Crippen LogP contribution in [0.5, 0.6) is 0 Å². The molecule has 1 saturated heterocycles. The molecule has 1 aromatic rings. The summed E-state index contributed by atoms with van der Waals surface area (Å²) < 4.78 is 4.90. The number of hydrogen-bond acceptors (Lipinski definition) is 4. The second-order valence-corrected chi connectivity index (χ2v) is 4.93. The molecule has 1 atom stereocenters. The van der Waals surface area contributed by atoms with Crippen molar-refractivity contribution in [3.05, 3.63) is 29.8 Å². The Morgan fingerprint density at radius 3 is 2.90 bits per heavy atom. The fourth-order valence-corrected chi connectivity index (χ4v) is 2.28. The number of methoxy groups -OCH3 is 1. The van der Waals surface area contributed by atoms with Gasteiger partial charge in [-0.15, -0.1) is 0 Å². The minimum Gasteiger partial charge on any atom is -0.383 e. The topological polar surface area (TPSA) is 79.5 Å². The average molecular weight is 291 g/mol. The van der Waals surface area contributed by atoms with Crippen molar-refractivity contribution in [1.29, 1.82) is 0 Å². The van der Waals surface area contributed by atoms with E-state index in [1.807, 2.05) is 0 Å². The maximum atomic E-state index is 12.1. The van der Waals surface area contributed by atoms with Gasteiger partial charge in [0.1, 0.15) is 0 Å². The van der Waals surface area contributed by atoms with E-state index in [4.69, 9.17) is 4.74 Å². The molecule has 2 rings (SSSR count). The second kappa shape index (κ2) is 7.75. The molecule has 1 heterocycles. The number of carbonyl (C=O) groups is 2. The fourth-order valence-electron chi connectivity index (χ4n) is 2.28. The van der Waals surface area contributed by atoms with Crippen molar-refractivity contribution in [2.24, 2.45) is 0 Å². The molecule has 114 valence electrons. The summed E-state index contributed by atoms with van der Waals surface area (Å²) in [4.78, 5) is 24.2. The minimum atomic E-state index is -0.220. The highest BCUT2D eigenvalue weighted by molar-refractivity contribution is 6.04. The van der Waals surface area contributed by atoms with E-state index in [0.29, 0.717) is 24.4 Å². The maximum absolute atomic E-state index is 12.1. The van der Waals surface area contributed by atoms with Crippen LogP contribution < -0.4 is 16.0 Å². The van der Waals surface area contributed by atoms with Gasteiger partial charge in [0.25, 0.3) is 5.91 Å². The number of para-hydroxylation sites is 1. The molecule has 1 fully saturated rings. The van der Waals surface area contributed by atoms with Gasteiger partial charge in [-0.25, -0.2) is 0 Å². The van der Waals surface area contributed by atoms with E-state index in [2.05, 4.69) is 16.0 Å². The van der Waals surface area contributed by atoms with Crippen LogP contribution in [0, 0.1) is 0 Å². The first-order valence-electron chi connectivity index (χ1n) is 7.13. The van der Waals surface area contributed by atoms with Gasteiger partial charge in [-0.05, 0) is 31.5 Å². The zero-order valence-electron chi connectivity index (χ0n) is 12.1. The SMILES string of the molecule is COCCNC(=O)c1ccccc1NC(=O)[C@@H]1CCCN1. The maximum Gasteiger partial charge on any atom is 0.253 e. The van der Waals surface area contributed by atoms with Crippen molar-refractivity contribution in [2.45, 2.75) is 18.9 Å². The van der Waals surface area contributed by atoms with Gasteiger partial charge in [0.15, 0.2) is 0 Å². The van der Waals surface area contributed by atoms with E-state index < -0.39 is 0 Å². The number of hydrogen-bond donors (Lipinski definition) is 3. The highest BCUT2D eigenvalue weighted by Gasteiger charge is 2.23. The molecule has 0 aliphatic carbocycles. The summed E-state index contributed by atoms with van der Waals surface area (Å²) in [5.74, 6) is -0.313. The van der Waals surface area contributed by atoms with Crippen LogP contribution >= 0.6 is 0 Å². The van der Waals surface area contributed by atoms with Crippen LogP contribution in [0.25, 0.3) is 0 Å². The molecule has 0 unspecified atom stereocenters. The lowest BCUT2D eigenvalue weighted by Crippen LogP contribution is -2.36. The first-order chi connectivity index (χ1) is 10.2. The summed E-state index contributed by atoms with van der Waals surface area (Å²) in [6, 6.07) is 6.82. The third-order valence-corrected chi connectivity index (χ3v) is 3.40. The molecule has 21 heavy (non-hydrogen) atoms. The lowest BCUT2D eigenvalue weighted by Gasteiger charge is -2.14. The molecular formula is C15H21N3O3. The first-order valence-corrected chi connectivity index (χ1v) is 7.13. The molecule has 2 amide bonds. The predicted octanol–water partition coefficient (Wildman–Crippen LogP) is 0.753. The van der Waals surface area contributed by atoms with Gasteiger partial charge in [-0.1, -0.05) is 12.1 Å². The zero-order chi connectivity index (χ0) is 15.1. The van der Waals surface area contributed by atoms with Gasteiger partial charge in [0.2, 0.25) is 5.91 Å². The highest BCUT2D eigenvalue weighted by atomic mass is 16.5. The Hall–Kier alpha value is -1.92. The van der Waals surface area contributed by atoms with Crippen molar-refractivity contribution in [1.82, 2.24) is 10.6 Å². The minimum absolute atomic E-state index is 0.0929. The standard InChI is InChI=1S/C15H21N3O3/c1-21-10-9-17-14(19)11-5-2-3-6-12(11)18-15(20)13-7-4-8-16-13/h2-3,5-6,13,16H,4,7-10H2,1H3,(H,17,19)(H,18,20)/t13-/m0/s1. The summed E-state index contributed by atoms with van der Waals surface area (Å²) in [7, 11) is 1.58. The van der Waals surface area contributed by atoms with E-state index in [9.17, 15) is 9.59 Å². The number of carbonyl (C=O) groups excluding carboxylic acids is 2. The monoisotopic (exact) mass is 291 g/mol. The summed E-state index contributed by atoms with van der Waals surface area (Å²) in [6.07, 6.45) is 1.82. The molecule has 6 heteroatoms. The molecule has 6 nitrogen and oxygen atoms in total. The van der Waals surface area contributed by atoms with Crippen LogP contribution in [0.4, 0.5) is 5.69 Å². The Labute approximate surface area is 124 Å². The summed E-state index contributed by atoms with van der Waals surface area (Å²) in [5, 5.41) is 8.72. The van der Waals surface area contributed by atoms with Gasteiger partial charge in [0.05, 0.1) is 23.9 Å². The van der Waals surface area contributed by atoms with Gasteiger partial charge in [0, 0.05) is 13.7 Å². The zero-order valence-corrected chi connectivity index (χ0v) is 12.1.